The van der Waals surface area contributed by atoms with Crippen molar-refractivity contribution in [3.8, 4) is 0 Å². The number of anilines is 1. The molecule has 25 heavy (non-hydrogen) atoms. The predicted molar refractivity (Wildman–Crippen MR) is 98.3 cm³/mol. The summed E-state index contributed by atoms with van der Waals surface area (Å²) < 4.78 is 0. The lowest BCUT2D eigenvalue weighted by Gasteiger charge is -2.32. The van der Waals surface area contributed by atoms with Gasteiger partial charge in [0.05, 0.1) is 23.6 Å². The van der Waals surface area contributed by atoms with Crippen LogP contribution in [0.25, 0.3) is 0 Å². The summed E-state index contributed by atoms with van der Waals surface area (Å²) in [4.78, 5) is 26.5. The molecule has 2 rings (SSSR count). The molecule has 0 radical (unpaired) electrons. The first kappa shape index (κ1) is 19.4. The summed E-state index contributed by atoms with van der Waals surface area (Å²) in [5.74, 6) is 0.450. The van der Waals surface area contributed by atoms with E-state index in [1.165, 1.54) is 0 Å². The number of rotatable bonds is 5. The fourth-order valence-electron chi connectivity index (χ4n) is 3.08. The summed E-state index contributed by atoms with van der Waals surface area (Å²) in [5, 5.41) is 13.0. The minimum absolute atomic E-state index is 0.0213. The number of aryl methyl sites for hydroxylation is 2. The number of aromatic nitrogens is 2. The Morgan fingerprint density at radius 1 is 1.32 bits per heavy atom. The molecule has 1 aliphatic rings. The lowest BCUT2D eigenvalue weighted by Crippen LogP contribution is -2.45. The van der Waals surface area contributed by atoms with Crippen molar-refractivity contribution in [1.29, 1.82) is 0 Å². The van der Waals surface area contributed by atoms with Crippen LogP contribution in [0.1, 0.15) is 45.0 Å². The van der Waals surface area contributed by atoms with Crippen molar-refractivity contribution in [2.24, 2.45) is 11.3 Å². The summed E-state index contributed by atoms with van der Waals surface area (Å²) in [6.45, 7) is 12.3. The van der Waals surface area contributed by atoms with Gasteiger partial charge in [0.15, 0.2) is 0 Å². The van der Waals surface area contributed by atoms with Crippen molar-refractivity contribution in [2.75, 3.05) is 31.5 Å². The van der Waals surface area contributed by atoms with Gasteiger partial charge in [0.1, 0.15) is 0 Å². The third-order valence-electron chi connectivity index (χ3n) is 4.60. The Bertz CT molecular complexity index is 598. The molecular formula is C18H31N5O2. The van der Waals surface area contributed by atoms with E-state index in [0.717, 1.165) is 43.0 Å². The maximum atomic E-state index is 12.3. The number of carbonyl (C=O) groups excluding carboxylic acids is 2. The van der Waals surface area contributed by atoms with Gasteiger partial charge in [-0.05, 0) is 39.2 Å². The van der Waals surface area contributed by atoms with Crippen molar-refractivity contribution in [3.63, 3.8) is 0 Å². The lowest BCUT2D eigenvalue weighted by molar-refractivity contribution is -0.128. The van der Waals surface area contributed by atoms with Gasteiger partial charge in [-0.3, -0.25) is 19.6 Å². The molecule has 0 spiro atoms. The normalized spacial score (nSPS) is 18.8. The topological polar surface area (TPSA) is 90.1 Å². The van der Waals surface area contributed by atoms with Gasteiger partial charge in [0.25, 0.3) is 0 Å². The lowest BCUT2D eigenvalue weighted by atomic mass is 9.94. The number of likely N-dealkylation sites (tertiary alicyclic amines) is 1. The second kappa shape index (κ2) is 7.99. The van der Waals surface area contributed by atoms with Gasteiger partial charge in [0, 0.05) is 18.5 Å². The third kappa shape index (κ3) is 5.56. The van der Waals surface area contributed by atoms with E-state index in [1.54, 1.807) is 0 Å². The predicted octanol–water partition coefficient (Wildman–Crippen LogP) is 1.84. The van der Waals surface area contributed by atoms with E-state index in [9.17, 15) is 9.59 Å². The number of nitrogens with one attached hydrogen (secondary N) is 3. The van der Waals surface area contributed by atoms with Crippen LogP contribution >= 0.6 is 0 Å². The molecule has 0 bridgehead atoms. The van der Waals surface area contributed by atoms with Gasteiger partial charge in [-0.2, -0.15) is 5.10 Å². The van der Waals surface area contributed by atoms with Crippen molar-refractivity contribution in [3.05, 3.63) is 11.4 Å². The number of amides is 2. The molecule has 0 saturated carbocycles. The molecule has 2 amide bonds. The first-order chi connectivity index (χ1) is 11.7. The molecule has 1 aliphatic heterocycles. The second-order valence-corrected chi connectivity index (χ2v) is 8.06. The van der Waals surface area contributed by atoms with Crippen LogP contribution in [-0.4, -0.2) is 53.1 Å². The molecule has 3 N–H and O–H groups in total. The average molecular weight is 349 g/mol. The molecule has 7 heteroatoms. The largest absolute Gasteiger partial charge is 0.355 e. The summed E-state index contributed by atoms with van der Waals surface area (Å²) in [5.41, 5.74) is 2.07. The fraction of sp³-hybridized carbons (Fsp3) is 0.722. The number of carbonyl (C=O) groups is 2. The van der Waals surface area contributed by atoms with Crippen molar-refractivity contribution in [2.45, 2.75) is 47.5 Å². The molecule has 1 aromatic heterocycles. The molecule has 0 aliphatic carbocycles. The molecule has 1 aromatic rings. The second-order valence-electron chi connectivity index (χ2n) is 8.06. The van der Waals surface area contributed by atoms with Crippen LogP contribution in [0.4, 0.5) is 5.69 Å². The van der Waals surface area contributed by atoms with Crippen molar-refractivity contribution < 1.29 is 9.59 Å². The smallest absolute Gasteiger partial charge is 0.238 e. The van der Waals surface area contributed by atoms with E-state index in [-0.39, 0.29) is 17.2 Å². The summed E-state index contributed by atoms with van der Waals surface area (Å²) in [7, 11) is 0. The molecule has 2 heterocycles. The maximum Gasteiger partial charge on any atom is 0.238 e. The highest BCUT2D eigenvalue weighted by molar-refractivity contribution is 5.93. The minimum atomic E-state index is -0.367. The molecule has 1 saturated heterocycles. The van der Waals surface area contributed by atoms with E-state index in [2.05, 4.69) is 25.7 Å². The Morgan fingerprint density at radius 3 is 2.64 bits per heavy atom. The Labute approximate surface area is 149 Å². The molecule has 1 unspecified atom stereocenters. The van der Waals surface area contributed by atoms with Gasteiger partial charge in [-0.15, -0.1) is 0 Å². The van der Waals surface area contributed by atoms with Crippen LogP contribution in [-0.2, 0) is 9.59 Å². The van der Waals surface area contributed by atoms with E-state index in [4.69, 9.17) is 0 Å². The van der Waals surface area contributed by atoms with E-state index in [0.29, 0.717) is 19.0 Å². The van der Waals surface area contributed by atoms with Crippen LogP contribution in [0.2, 0.25) is 0 Å². The van der Waals surface area contributed by atoms with Crippen molar-refractivity contribution in [1.82, 2.24) is 20.4 Å². The SMILES string of the molecule is Cc1n[nH]c(C)c1NC(=O)CN1CCCC(CNC(=O)C(C)(C)C)C1. The average Bonchev–Trinajstić information content (AvgIpc) is 2.84. The number of piperidine rings is 1. The number of hydrogen-bond donors (Lipinski definition) is 3. The van der Waals surface area contributed by atoms with Gasteiger partial charge < -0.3 is 10.6 Å². The van der Waals surface area contributed by atoms with E-state index in [1.807, 2.05) is 34.6 Å². The standard InChI is InChI=1S/C18H31N5O2/c1-12-16(13(2)22-21-12)20-15(24)11-23-8-6-7-14(10-23)9-19-17(25)18(3,4)5/h14H,6-11H2,1-5H3,(H,19,25)(H,20,24)(H,21,22). The number of aromatic amines is 1. The number of hydrogen-bond acceptors (Lipinski definition) is 4. The molecule has 0 aromatic carbocycles. The molecule has 1 atom stereocenters. The first-order valence-electron chi connectivity index (χ1n) is 8.99. The van der Waals surface area contributed by atoms with Gasteiger partial charge in [0.2, 0.25) is 11.8 Å². The zero-order chi connectivity index (χ0) is 18.6. The van der Waals surface area contributed by atoms with Crippen molar-refractivity contribution >= 4 is 17.5 Å². The van der Waals surface area contributed by atoms with Gasteiger partial charge in [-0.1, -0.05) is 20.8 Å². The zero-order valence-electron chi connectivity index (χ0n) is 16.0. The Balaban J connectivity index is 1.81. The highest BCUT2D eigenvalue weighted by Gasteiger charge is 2.25. The Morgan fingerprint density at radius 2 is 2.04 bits per heavy atom. The monoisotopic (exact) mass is 349 g/mol. The van der Waals surface area contributed by atoms with Crippen LogP contribution < -0.4 is 10.6 Å². The molecular weight excluding hydrogens is 318 g/mol. The zero-order valence-corrected chi connectivity index (χ0v) is 16.0. The maximum absolute atomic E-state index is 12.3. The molecule has 7 nitrogen and oxygen atoms in total. The Kier molecular flexibility index (Phi) is 6.21. The highest BCUT2D eigenvalue weighted by Crippen LogP contribution is 2.19. The summed E-state index contributed by atoms with van der Waals surface area (Å²) in [6, 6.07) is 0. The summed E-state index contributed by atoms with van der Waals surface area (Å²) in [6.07, 6.45) is 2.13. The van der Waals surface area contributed by atoms with Gasteiger partial charge >= 0.3 is 0 Å². The molecule has 1 fully saturated rings. The Hall–Kier alpha value is -1.89. The summed E-state index contributed by atoms with van der Waals surface area (Å²) >= 11 is 0. The minimum Gasteiger partial charge on any atom is -0.355 e. The third-order valence-corrected chi connectivity index (χ3v) is 4.60. The highest BCUT2D eigenvalue weighted by atomic mass is 16.2. The van der Waals surface area contributed by atoms with Crippen LogP contribution in [0, 0.1) is 25.2 Å². The van der Waals surface area contributed by atoms with E-state index >= 15 is 0 Å². The van der Waals surface area contributed by atoms with Crippen LogP contribution in [0.3, 0.4) is 0 Å². The number of H-pyrrole nitrogens is 1. The number of nitrogens with zero attached hydrogens (tertiary/aromatic N) is 2. The molecule has 140 valence electrons. The quantitative estimate of drug-likeness (QED) is 0.756. The van der Waals surface area contributed by atoms with Gasteiger partial charge in [-0.25, -0.2) is 0 Å². The first-order valence-corrected chi connectivity index (χ1v) is 8.99. The van der Waals surface area contributed by atoms with Crippen LogP contribution in [0.15, 0.2) is 0 Å². The van der Waals surface area contributed by atoms with E-state index < -0.39 is 0 Å². The fourth-order valence-corrected chi connectivity index (χ4v) is 3.08. The van der Waals surface area contributed by atoms with Crippen LogP contribution in [0.5, 0.6) is 0 Å².